The summed E-state index contributed by atoms with van der Waals surface area (Å²) in [6.45, 7) is 6.50. The van der Waals surface area contributed by atoms with Crippen molar-refractivity contribution < 1.29 is 31.7 Å². The molecule has 2 unspecified atom stereocenters. The Bertz CT molecular complexity index is 523. The van der Waals surface area contributed by atoms with Crippen molar-refractivity contribution in [2.75, 3.05) is 19.4 Å². The fraction of sp³-hybridized carbons (Fsp3) is 0.846. The van der Waals surface area contributed by atoms with E-state index in [2.05, 4.69) is 4.74 Å². The second-order valence-electron chi connectivity index (χ2n) is 5.97. The van der Waals surface area contributed by atoms with E-state index < -0.39 is 39.9 Å². The van der Waals surface area contributed by atoms with Crippen LogP contribution in [-0.2, 0) is 28.6 Å². The van der Waals surface area contributed by atoms with Crippen LogP contribution in [0, 0.1) is 0 Å². The highest BCUT2D eigenvalue weighted by Crippen LogP contribution is 2.25. The van der Waals surface area contributed by atoms with Crippen LogP contribution in [0.1, 0.15) is 34.1 Å². The van der Waals surface area contributed by atoms with Crippen LogP contribution in [-0.4, -0.2) is 62.5 Å². The first-order valence-electron chi connectivity index (χ1n) is 6.97. The summed E-state index contributed by atoms with van der Waals surface area (Å²) >= 11 is 0. The summed E-state index contributed by atoms with van der Waals surface area (Å²) in [6, 6.07) is -0.920. The molecule has 1 aliphatic heterocycles. The maximum absolute atomic E-state index is 12.2. The second-order valence-corrected chi connectivity index (χ2v) is 7.86. The molecule has 0 saturated carbocycles. The lowest BCUT2D eigenvalue weighted by Crippen LogP contribution is -2.44. The lowest BCUT2D eigenvalue weighted by Gasteiger charge is -2.27. The molecule has 1 heterocycles. The number of hydrogen-bond acceptors (Lipinski definition) is 7. The fourth-order valence-electron chi connectivity index (χ4n) is 2.02. The van der Waals surface area contributed by atoms with E-state index in [1.54, 1.807) is 20.8 Å². The number of hydrogen-bond donors (Lipinski definition) is 0. The van der Waals surface area contributed by atoms with Crippen LogP contribution in [0.4, 0.5) is 4.79 Å². The predicted octanol–water partition coefficient (Wildman–Crippen LogP) is 0.904. The summed E-state index contributed by atoms with van der Waals surface area (Å²) in [6.07, 6.45) is -1.45. The molecular formula is C13H23NO7S. The molecule has 1 aliphatic rings. The summed E-state index contributed by atoms with van der Waals surface area (Å²) in [5, 5.41) is 0. The largest absolute Gasteiger partial charge is 0.467 e. The van der Waals surface area contributed by atoms with Crippen LogP contribution >= 0.6 is 0 Å². The van der Waals surface area contributed by atoms with Gasteiger partial charge in [0.1, 0.15) is 11.6 Å². The molecule has 0 aromatic rings. The number of methoxy groups -OCH3 is 1. The van der Waals surface area contributed by atoms with Gasteiger partial charge in [0, 0.05) is 6.42 Å². The molecule has 1 fully saturated rings. The molecule has 0 N–H and O–H groups in total. The van der Waals surface area contributed by atoms with Gasteiger partial charge in [-0.3, -0.25) is 9.08 Å². The number of nitrogens with zero attached hydrogens (tertiary/aromatic N) is 1. The van der Waals surface area contributed by atoms with Crippen molar-refractivity contribution in [1.82, 2.24) is 4.90 Å². The van der Waals surface area contributed by atoms with E-state index in [-0.39, 0.29) is 18.7 Å². The SMILES string of the molecule is CCS(=O)(=O)OC1CC(C(=O)OC)N(C(=O)OC(C)(C)C)C1. The summed E-state index contributed by atoms with van der Waals surface area (Å²) < 4.78 is 37.9. The molecule has 128 valence electrons. The van der Waals surface area contributed by atoms with E-state index in [4.69, 9.17) is 8.92 Å². The van der Waals surface area contributed by atoms with Crippen molar-refractivity contribution in [3.05, 3.63) is 0 Å². The van der Waals surface area contributed by atoms with Crippen molar-refractivity contribution in [2.45, 2.75) is 51.9 Å². The Morgan fingerprint density at radius 3 is 2.32 bits per heavy atom. The van der Waals surface area contributed by atoms with E-state index in [0.29, 0.717) is 0 Å². The van der Waals surface area contributed by atoms with Gasteiger partial charge < -0.3 is 9.47 Å². The molecule has 0 aromatic carbocycles. The highest BCUT2D eigenvalue weighted by molar-refractivity contribution is 7.86. The average molecular weight is 337 g/mol. The van der Waals surface area contributed by atoms with Gasteiger partial charge in [0.2, 0.25) is 0 Å². The Morgan fingerprint density at radius 1 is 1.27 bits per heavy atom. The lowest BCUT2D eigenvalue weighted by atomic mass is 10.2. The van der Waals surface area contributed by atoms with E-state index >= 15 is 0 Å². The number of rotatable bonds is 4. The minimum absolute atomic E-state index is 0.0468. The third kappa shape index (κ3) is 5.13. The van der Waals surface area contributed by atoms with E-state index in [0.717, 1.165) is 4.90 Å². The number of carbonyl (C=O) groups excluding carboxylic acids is 2. The third-order valence-electron chi connectivity index (χ3n) is 3.00. The molecular weight excluding hydrogens is 314 g/mol. The number of ether oxygens (including phenoxy) is 2. The van der Waals surface area contributed by atoms with Gasteiger partial charge in [-0.25, -0.2) is 9.59 Å². The van der Waals surface area contributed by atoms with Gasteiger partial charge in [0.05, 0.1) is 25.5 Å². The van der Waals surface area contributed by atoms with Crippen LogP contribution in [0.5, 0.6) is 0 Å². The zero-order valence-electron chi connectivity index (χ0n) is 13.5. The topological polar surface area (TPSA) is 99.2 Å². The van der Waals surface area contributed by atoms with Crippen molar-refractivity contribution in [3.8, 4) is 0 Å². The molecule has 2 atom stereocenters. The normalized spacial score (nSPS) is 22.5. The Hall–Kier alpha value is -1.35. The fourth-order valence-corrected chi connectivity index (χ4v) is 2.71. The molecule has 8 nitrogen and oxygen atoms in total. The van der Waals surface area contributed by atoms with Crippen LogP contribution in [0.25, 0.3) is 0 Å². The first-order chi connectivity index (χ1) is 9.99. The summed E-state index contributed by atoms with van der Waals surface area (Å²) in [4.78, 5) is 25.1. The van der Waals surface area contributed by atoms with Crippen LogP contribution in [0.15, 0.2) is 0 Å². The van der Waals surface area contributed by atoms with E-state index in [1.807, 2.05) is 0 Å². The Morgan fingerprint density at radius 2 is 1.86 bits per heavy atom. The van der Waals surface area contributed by atoms with Crippen LogP contribution < -0.4 is 0 Å². The van der Waals surface area contributed by atoms with Crippen molar-refractivity contribution in [3.63, 3.8) is 0 Å². The molecule has 1 rings (SSSR count). The molecule has 0 aromatic heterocycles. The Kier molecular flexibility index (Phi) is 5.80. The molecule has 0 radical (unpaired) electrons. The molecule has 22 heavy (non-hydrogen) atoms. The minimum Gasteiger partial charge on any atom is -0.467 e. The molecule has 0 bridgehead atoms. The number of likely N-dealkylation sites (tertiary alicyclic amines) is 1. The quantitative estimate of drug-likeness (QED) is 0.555. The van der Waals surface area contributed by atoms with Gasteiger partial charge in [-0.2, -0.15) is 8.42 Å². The molecule has 0 spiro atoms. The number of amides is 1. The number of carbonyl (C=O) groups is 2. The second kappa shape index (κ2) is 6.82. The van der Waals surface area contributed by atoms with E-state index in [9.17, 15) is 18.0 Å². The first kappa shape index (κ1) is 18.7. The Labute approximate surface area is 130 Å². The highest BCUT2D eigenvalue weighted by Gasteiger charge is 2.44. The van der Waals surface area contributed by atoms with Crippen LogP contribution in [0.3, 0.4) is 0 Å². The zero-order chi connectivity index (χ0) is 17.1. The summed E-state index contributed by atoms with van der Waals surface area (Å²) in [7, 11) is -2.47. The monoisotopic (exact) mass is 337 g/mol. The molecule has 0 aliphatic carbocycles. The highest BCUT2D eigenvalue weighted by atomic mass is 32.2. The van der Waals surface area contributed by atoms with Gasteiger partial charge in [0.15, 0.2) is 0 Å². The Balaban J connectivity index is 2.89. The zero-order valence-corrected chi connectivity index (χ0v) is 14.3. The van der Waals surface area contributed by atoms with Gasteiger partial charge in [0.25, 0.3) is 10.1 Å². The van der Waals surface area contributed by atoms with Gasteiger partial charge in [-0.05, 0) is 27.7 Å². The number of esters is 1. The lowest BCUT2D eigenvalue weighted by molar-refractivity contribution is -0.145. The minimum atomic E-state index is -3.67. The van der Waals surface area contributed by atoms with Gasteiger partial charge in [-0.15, -0.1) is 0 Å². The smallest absolute Gasteiger partial charge is 0.411 e. The van der Waals surface area contributed by atoms with Crippen molar-refractivity contribution >= 4 is 22.2 Å². The maximum atomic E-state index is 12.2. The predicted molar refractivity (Wildman–Crippen MR) is 77.7 cm³/mol. The molecule has 1 saturated heterocycles. The summed E-state index contributed by atoms with van der Waals surface area (Å²) in [5.41, 5.74) is -0.730. The van der Waals surface area contributed by atoms with Crippen molar-refractivity contribution in [1.29, 1.82) is 0 Å². The third-order valence-corrected chi connectivity index (χ3v) is 4.27. The van der Waals surface area contributed by atoms with Gasteiger partial charge in [-0.1, -0.05) is 0 Å². The van der Waals surface area contributed by atoms with E-state index in [1.165, 1.54) is 14.0 Å². The van der Waals surface area contributed by atoms with Crippen molar-refractivity contribution in [2.24, 2.45) is 0 Å². The standard InChI is InChI=1S/C13H23NO7S/c1-6-22(17,18)21-9-7-10(11(15)19-5)14(8-9)12(16)20-13(2,3)4/h9-10H,6-8H2,1-5H3. The molecule has 9 heteroatoms. The summed E-state index contributed by atoms with van der Waals surface area (Å²) in [5.74, 6) is -0.815. The maximum Gasteiger partial charge on any atom is 0.411 e. The molecule has 1 amide bonds. The average Bonchev–Trinajstić information content (AvgIpc) is 2.79. The van der Waals surface area contributed by atoms with Crippen LogP contribution in [0.2, 0.25) is 0 Å². The van der Waals surface area contributed by atoms with Gasteiger partial charge >= 0.3 is 12.1 Å². The first-order valence-corrected chi connectivity index (χ1v) is 8.55.